The summed E-state index contributed by atoms with van der Waals surface area (Å²) in [6, 6.07) is 17.9. The average molecular weight is 517 g/mol. The molecule has 186 valence electrons. The quantitative estimate of drug-likeness (QED) is 0.240. The number of hydrogen-bond donors (Lipinski definition) is 2. The van der Waals surface area contributed by atoms with Crippen LogP contribution in [-0.2, 0) is 14.6 Å². The Morgan fingerprint density at radius 2 is 1.89 bits per heavy atom. The Morgan fingerprint density at radius 1 is 1.09 bits per heavy atom. The molecule has 0 bridgehead atoms. The number of rotatable bonds is 14. The van der Waals surface area contributed by atoms with Crippen molar-refractivity contribution in [1.82, 2.24) is 10.3 Å². The smallest absolute Gasteiger partial charge is 0.341 e. The number of aliphatic carboxylic acids is 1. The standard InChI is InChI=1S/C25H28N2O6S2/c1-19-16-21(8-10-23(19)32-18-25(28)29)34-14-13-26-12-5-15-35(30,31)22-9-11-24(27-17-22)33-20-6-3-2-4-7-20/h2-4,6-11,16-17,26H,5,12-15,18H2,1H3,(H,28,29). The number of nitrogens with one attached hydrogen (secondary N) is 1. The van der Waals surface area contributed by atoms with Gasteiger partial charge in [0.15, 0.2) is 16.4 Å². The highest BCUT2D eigenvalue weighted by Gasteiger charge is 2.15. The molecule has 0 aliphatic rings. The average Bonchev–Trinajstić information content (AvgIpc) is 2.84. The molecule has 0 amide bonds. The number of carboxylic acid groups (broad SMARTS) is 1. The van der Waals surface area contributed by atoms with Gasteiger partial charge in [-0.15, -0.1) is 11.8 Å². The second-order valence-electron chi connectivity index (χ2n) is 7.63. The van der Waals surface area contributed by atoms with Crippen LogP contribution in [0.25, 0.3) is 0 Å². The predicted molar refractivity (Wildman–Crippen MR) is 135 cm³/mol. The number of aryl methyl sites for hydroxylation is 1. The third-order valence-corrected chi connectivity index (χ3v) is 7.63. The maximum Gasteiger partial charge on any atom is 0.341 e. The van der Waals surface area contributed by atoms with Gasteiger partial charge in [0.05, 0.1) is 10.6 Å². The lowest BCUT2D eigenvalue weighted by Gasteiger charge is -2.09. The Labute approximate surface area is 209 Å². The number of thioether (sulfide) groups is 1. The number of sulfone groups is 1. The van der Waals surface area contributed by atoms with Gasteiger partial charge in [0, 0.05) is 29.5 Å². The lowest BCUT2D eigenvalue weighted by molar-refractivity contribution is -0.139. The Balaban J connectivity index is 1.34. The molecule has 2 aromatic carbocycles. The van der Waals surface area contributed by atoms with Crippen LogP contribution in [0.1, 0.15) is 12.0 Å². The van der Waals surface area contributed by atoms with E-state index in [4.69, 9.17) is 14.6 Å². The Kier molecular flexibility index (Phi) is 9.95. The minimum Gasteiger partial charge on any atom is -0.482 e. The van der Waals surface area contributed by atoms with Gasteiger partial charge in [-0.25, -0.2) is 18.2 Å². The van der Waals surface area contributed by atoms with Crippen molar-refractivity contribution in [1.29, 1.82) is 0 Å². The largest absolute Gasteiger partial charge is 0.482 e. The van der Waals surface area contributed by atoms with Gasteiger partial charge in [0.2, 0.25) is 5.88 Å². The van der Waals surface area contributed by atoms with Gasteiger partial charge in [0.25, 0.3) is 0 Å². The molecule has 8 nitrogen and oxygen atoms in total. The fourth-order valence-corrected chi connectivity index (χ4v) is 5.26. The summed E-state index contributed by atoms with van der Waals surface area (Å²) >= 11 is 1.66. The number of nitrogens with zero attached hydrogens (tertiary/aromatic N) is 1. The summed E-state index contributed by atoms with van der Waals surface area (Å²) in [4.78, 5) is 16.0. The van der Waals surface area contributed by atoms with Gasteiger partial charge >= 0.3 is 5.97 Å². The molecular weight excluding hydrogens is 488 g/mol. The van der Waals surface area contributed by atoms with E-state index in [1.54, 1.807) is 36.0 Å². The Bertz CT molecular complexity index is 1200. The number of benzene rings is 2. The fraction of sp³-hybridized carbons (Fsp3) is 0.280. The van der Waals surface area contributed by atoms with Crippen LogP contribution in [-0.4, -0.2) is 55.7 Å². The van der Waals surface area contributed by atoms with Gasteiger partial charge in [0.1, 0.15) is 11.5 Å². The van der Waals surface area contributed by atoms with Crippen molar-refractivity contribution in [3.8, 4) is 17.4 Å². The lowest BCUT2D eigenvalue weighted by Crippen LogP contribution is -2.21. The highest BCUT2D eigenvalue weighted by Crippen LogP contribution is 2.25. The van der Waals surface area contributed by atoms with Crippen molar-refractivity contribution in [2.45, 2.75) is 23.1 Å². The van der Waals surface area contributed by atoms with E-state index in [1.807, 2.05) is 37.3 Å². The monoisotopic (exact) mass is 516 g/mol. The molecule has 2 N–H and O–H groups in total. The van der Waals surface area contributed by atoms with Gasteiger partial charge in [-0.2, -0.15) is 0 Å². The highest BCUT2D eigenvalue weighted by molar-refractivity contribution is 7.99. The molecule has 0 aliphatic heterocycles. The molecule has 0 radical (unpaired) electrons. The van der Waals surface area contributed by atoms with Crippen molar-refractivity contribution in [3.05, 3.63) is 72.4 Å². The van der Waals surface area contributed by atoms with Crippen LogP contribution in [0.15, 0.2) is 76.7 Å². The summed E-state index contributed by atoms with van der Waals surface area (Å²) in [7, 11) is -3.42. The van der Waals surface area contributed by atoms with E-state index in [0.717, 1.165) is 22.8 Å². The number of ether oxygens (including phenoxy) is 2. The first-order chi connectivity index (χ1) is 16.8. The van der Waals surface area contributed by atoms with Crippen molar-refractivity contribution in [3.63, 3.8) is 0 Å². The minimum atomic E-state index is -3.42. The molecule has 35 heavy (non-hydrogen) atoms. The normalized spacial score (nSPS) is 11.2. The van der Waals surface area contributed by atoms with Gasteiger partial charge in [-0.05, 0) is 61.9 Å². The van der Waals surface area contributed by atoms with E-state index >= 15 is 0 Å². The second-order valence-corrected chi connectivity index (χ2v) is 10.9. The first-order valence-electron chi connectivity index (χ1n) is 11.0. The van der Waals surface area contributed by atoms with Gasteiger partial charge in [-0.3, -0.25) is 0 Å². The zero-order chi connectivity index (χ0) is 25.1. The van der Waals surface area contributed by atoms with Crippen LogP contribution in [0.3, 0.4) is 0 Å². The number of pyridine rings is 1. The Hall–Kier alpha value is -3.08. The predicted octanol–water partition coefficient (Wildman–Crippen LogP) is 4.19. The minimum absolute atomic E-state index is 0.0325. The van der Waals surface area contributed by atoms with Crippen LogP contribution in [0.4, 0.5) is 0 Å². The molecule has 0 spiro atoms. The number of aromatic nitrogens is 1. The first kappa shape index (κ1) is 26.5. The fourth-order valence-electron chi connectivity index (χ4n) is 3.10. The molecule has 1 aromatic heterocycles. The number of para-hydroxylation sites is 1. The lowest BCUT2D eigenvalue weighted by atomic mass is 10.2. The van der Waals surface area contributed by atoms with Crippen molar-refractivity contribution >= 4 is 27.6 Å². The van der Waals surface area contributed by atoms with Crippen LogP contribution in [0, 0.1) is 6.92 Å². The summed E-state index contributed by atoms with van der Waals surface area (Å²) in [5.74, 6) is 1.37. The van der Waals surface area contributed by atoms with Crippen LogP contribution in [0.2, 0.25) is 0 Å². The molecule has 0 aliphatic carbocycles. The topological polar surface area (TPSA) is 115 Å². The number of carbonyl (C=O) groups is 1. The zero-order valence-corrected chi connectivity index (χ0v) is 21.0. The molecule has 0 atom stereocenters. The summed E-state index contributed by atoms with van der Waals surface area (Å²) in [6.07, 6.45) is 1.82. The maximum absolute atomic E-state index is 12.6. The van der Waals surface area contributed by atoms with E-state index in [0.29, 0.717) is 30.3 Å². The number of carboxylic acids is 1. The molecule has 0 saturated heterocycles. The molecule has 0 fully saturated rings. The summed E-state index contributed by atoms with van der Waals surface area (Å²) in [6.45, 7) is 2.83. The Morgan fingerprint density at radius 3 is 2.57 bits per heavy atom. The summed E-state index contributed by atoms with van der Waals surface area (Å²) < 4.78 is 36.0. The van der Waals surface area contributed by atoms with E-state index in [2.05, 4.69) is 10.3 Å². The van der Waals surface area contributed by atoms with E-state index in [-0.39, 0.29) is 17.3 Å². The molecule has 3 aromatic rings. The summed E-state index contributed by atoms with van der Waals surface area (Å²) in [5.41, 5.74) is 0.878. The SMILES string of the molecule is Cc1cc(SCCNCCCS(=O)(=O)c2ccc(Oc3ccccc3)nc2)ccc1OCC(=O)O. The molecule has 3 rings (SSSR count). The number of hydrogen-bond acceptors (Lipinski definition) is 8. The molecule has 10 heteroatoms. The first-order valence-corrected chi connectivity index (χ1v) is 13.7. The molecule has 0 saturated carbocycles. The van der Waals surface area contributed by atoms with Crippen LogP contribution in [0.5, 0.6) is 17.4 Å². The zero-order valence-electron chi connectivity index (χ0n) is 19.3. The van der Waals surface area contributed by atoms with E-state index in [1.165, 1.54) is 12.3 Å². The van der Waals surface area contributed by atoms with Gasteiger partial charge < -0.3 is 19.9 Å². The molecule has 1 heterocycles. The van der Waals surface area contributed by atoms with Crippen molar-refractivity contribution in [2.24, 2.45) is 0 Å². The van der Waals surface area contributed by atoms with Gasteiger partial charge in [-0.1, -0.05) is 18.2 Å². The van der Waals surface area contributed by atoms with E-state index < -0.39 is 15.8 Å². The highest BCUT2D eigenvalue weighted by atomic mass is 32.2. The summed E-state index contributed by atoms with van der Waals surface area (Å²) in [5, 5.41) is 12.0. The second kappa shape index (κ2) is 13.1. The molecule has 0 unspecified atom stereocenters. The van der Waals surface area contributed by atoms with Crippen molar-refractivity contribution < 1.29 is 27.8 Å². The van der Waals surface area contributed by atoms with Crippen LogP contribution < -0.4 is 14.8 Å². The van der Waals surface area contributed by atoms with Crippen LogP contribution >= 0.6 is 11.8 Å². The third kappa shape index (κ3) is 8.89. The maximum atomic E-state index is 12.6. The third-order valence-electron chi connectivity index (χ3n) is 4.85. The molecular formula is C25H28N2O6S2. The van der Waals surface area contributed by atoms with Crippen molar-refractivity contribution in [2.75, 3.05) is 31.2 Å². The van der Waals surface area contributed by atoms with E-state index in [9.17, 15) is 13.2 Å².